The van der Waals surface area contributed by atoms with Crippen molar-refractivity contribution in [2.24, 2.45) is 0 Å². The number of alkyl halides is 1. The van der Waals surface area contributed by atoms with Gasteiger partial charge in [0.05, 0.1) is 18.0 Å². The average molecular weight is 304 g/mol. The van der Waals surface area contributed by atoms with E-state index in [1.165, 1.54) is 11.1 Å². The highest BCUT2D eigenvalue weighted by atomic mass is 35.5. The van der Waals surface area contributed by atoms with E-state index >= 15 is 0 Å². The summed E-state index contributed by atoms with van der Waals surface area (Å²) in [7, 11) is 0. The Morgan fingerprint density at radius 2 is 2.19 bits per heavy atom. The number of fused-ring (bicyclic) bond motifs is 1. The van der Waals surface area contributed by atoms with E-state index in [4.69, 9.17) is 16.3 Å². The molecule has 0 bridgehead atoms. The second-order valence-electron chi connectivity index (χ2n) is 5.11. The molecule has 3 rings (SSSR count). The summed E-state index contributed by atoms with van der Waals surface area (Å²) in [5.74, 6) is 1.14. The topological polar surface area (TPSA) is 47.0 Å². The van der Waals surface area contributed by atoms with Gasteiger partial charge in [0.15, 0.2) is 0 Å². The zero-order valence-corrected chi connectivity index (χ0v) is 12.7. The summed E-state index contributed by atoms with van der Waals surface area (Å²) in [6, 6.07) is 10.1. The lowest BCUT2D eigenvalue weighted by atomic mass is 10.1. The highest BCUT2D eigenvalue weighted by molar-refractivity contribution is 6.21. The zero-order chi connectivity index (χ0) is 14.7. The molecule has 0 radical (unpaired) electrons. The summed E-state index contributed by atoms with van der Waals surface area (Å²) < 4.78 is 5.53. The van der Waals surface area contributed by atoms with Gasteiger partial charge in [-0.3, -0.25) is 0 Å². The Labute approximate surface area is 129 Å². The lowest BCUT2D eigenvalue weighted by molar-refractivity contribution is 0.305. The van der Waals surface area contributed by atoms with Gasteiger partial charge in [-0.25, -0.2) is 4.98 Å². The molecule has 1 N–H and O–H groups in total. The fourth-order valence-corrected chi connectivity index (χ4v) is 2.92. The number of rotatable bonds is 5. The molecule has 1 aliphatic carbocycles. The third-order valence-corrected chi connectivity index (χ3v) is 3.94. The minimum atomic E-state index is 0.00576. The number of hydrogen-bond donors (Lipinski definition) is 1. The Hall–Kier alpha value is -1.81. The largest absolute Gasteiger partial charge is 0.478 e. The van der Waals surface area contributed by atoms with Crippen LogP contribution in [0.3, 0.4) is 0 Å². The normalized spacial score (nSPS) is 20.1. The molecule has 5 heteroatoms. The number of aromatic nitrogens is 2. The molecule has 0 fully saturated rings. The van der Waals surface area contributed by atoms with E-state index in [0.29, 0.717) is 18.4 Å². The van der Waals surface area contributed by atoms with Crippen molar-refractivity contribution in [1.29, 1.82) is 0 Å². The first-order chi connectivity index (χ1) is 10.3. The maximum Gasteiger partial charge on any atom is 0.226 e. The minimum Gasteiger partial charge on any atom is -0.478 e. The summed E-state index contributed by atoms with van der Waals surface area (Å²) in [5, 5.41) is 3.34. The van der Waals surface area contributed by atoms with Gasteiger partial charge in [0, 0.05) is 12.3 Å². The van der Waals surface area contributed by atoms with Gasteiger partial charge in [0.25, 0.3) is 0 Å². The first-order valence-corrected chi connectivity index (χ1v) is 7.66. The molecule has 0 aliphatic heterocycles. The van der Waals surface area contributed by atoms with Gasteiger partial charge in [-0.2, -0.15) is 4.98 Å². The molecule has 2 atom stereocenters. The van der Waals surface area contributed by atoms with E-state index in [1.54, 1.807) is 12.3 Å². The van der Waals surface area contributed by atoms with Crippen molar-refractivity contribution >= 4 is 17.5 Å². The lowest BCUT2D eigenvalue weighted by Crippen LogP contribution is -2.18. The van der Waals surface area contributed by atoms with E-state index in [0.717, 1.165) is 12.8 Å². The number of ether oxygens (including phenoxy) is 1. The predicted octanol–water partition coefficient (Wildman–Crippen LogP) is 3.58. The molecule has 21 heavy (non-hydrogen) atoms. The predicted molar refractivity (Wildman–Crippen MR) is 84.0 cm³/mol. The molecule has 1 heterocycles. The maximum absolute atomic E-state index is 6.47. The number of anilines is 1. The number of benzene rings is 1. The van der Waals surface area contributed by atoms with Crippen LogP contribution < -0.4 is 10.1 Å². The highest BCUT2D eigenvalue weighted by Crippen LogP contribution is 2.36. The van der Waals surface area contributed by atoms with Gasteiger partial charge >= 0.3 is 0 Å². The van der Waals surface area contributed by atoms with Gasteiger partial charge in [0.1, 0.15) is 0 Å². The van der Waals surface area contributed by atoms with Crippen LogP contribution in [-0.4, -0.2) is 22.0 Å². The van der Waals surface area contributed by atoms with Crippen molar-refractivity contribution in [1.82, 2.24) is 9.97 Å². The second kappa shape index (κ2) is 6.31. The number of nitrogens with one attached hydrogen (secondary N) is 1. The molecule has 2 aromatic rings. The van der Waals surface area contributed by atoms with E-state index in [2.05, 4.69) is 34.3 Å². The van der Waals surface area contributed by atoms with Crippen LogP contribution in [0.25, 0.3) is 0 Å². The molecule has 1 aliphatic rings. The SMILES string of the molecule is CCCOc1ccnc(NC2c3ccccc3CC2Cl)n1. The van der Waals surface area contributed by atoms with Gasteiger partial charge in [-0.15, -0.1) is 11.6 Å². The van der Waals surface area contributed by atoms with Gasteiger partial charge in [-0.05, 0) is 24.0 Å². The maximum atomic E-state index is 6.47. The third kappa shape index (κ3) is 3.10. The molecular formula is C16H18ClN3O. The van der Waals surface area contributed by atoms with Crippen LogP contribution in [0.2, 0.25) is 0 Å². The van der Waals surface area contributed by atoms with Gasteiger partial charge < -0.3 is 10.1 Å². The lowest BCUT2D eigenvalue weighted by Gasteiger charge is -2.17. The molecule has 0 amide bonds. The third-order valence-electron chi connectivity index (χ3n) is 3.54. The minimum absolute atomic E-state index is 0.00576. The molecular weight excluding hydrogens is 286 g/mol. The van der Waals surface area contributed by atoms with Crippen molar-refractivity contribution in [3.8, 4) is 5.88 Å². The van der Waals surface area contributed by atoms with Crippen molar-refractivity contribution in [2.75, 3.05) is 11.9 Å². The van der Waals surface area contributed by atoms with E-state index in [9.17, 15) is 0 Å². The number of nitrogens with zero attached hydrogens (tertiary/aromatic N) is 2. The van der Waals surface area contributed by atoms with Crippen LogP contribution in [0.1, 0.15) is 30.5 Å². The summed E-state index contributed by atoms with van der Waals surface area (Å²) in [4.78, 5) is 8.64. The second-order valence-corrected chi connectivity index (χ2v) is 5.67. The van der Waals surface area contributed by atoms with Crippen LogP contribution in [0, 0.1) is 0 Å². The highest BCUT2D eigenvalue weighted by Gasteiger charge is 2.31. The zero-order valence-electron chi connectivity index (χ0n) is 11.9. The van der Waals surface area contributed by atoms with E-state index < -0.39 is 0 Å². The summed E-state index contributed by atoms with van der Waals surface area (Å²) in [6.45, 7) is 2.72. The van der Waals surface area contributed by atoms with Crippen molar-refractivity contribution in [2.45, 2.75) is 31.2 Å². The molecule has 1 aromatic carbocycles. The fourth-order valence-electron chi connectivity index (χ4n) is 2.55. The molecule has 0 saturated carbocycles. The van der Waals surface area contributed by atoms with E-state index in [-0.39, 0.29) is 11.4 Å². The quantitative estimate of drug-likeness (QED) is 0.858. The van der Waals surface area contributed by atoms with Gasteiger partial charge in [0.2, 0.25) is 11.8 Å². The number of halogens is 1. The first-order valence-electron chi connectivity index (χ1n) is 7.22. The molecule has 1 aromatic heterocycles. The van der Waals surface area contributed by atoms with Crippen LogP contribution >= 0.6 is 11.6 Å². The van der Waals surface area contributed by atoms with Crippen molar-refractivity contribution in [3.63, 3.8) is 0 Å². The smallest absolute Gasteiger partial charge is 0.226 e. The summed E-state index contributed by atoms with van der Waals surface area (Å²) in [6.07, 6.45) is 3.51. The molecule has 0 spiro atoms. The molecule has 110 valence electrons. The van der Waals surface area contributed by atoms with Crippen molar-refractivity contribution < 1.29 is 4.74 Å². The van der Waals surface area contributed by atoms with Crippen LogP contribution in [0.4, 0.5) is 5.95 Å². The Balaban J connectivity index is 1.77. The first kappa shape index (κ1) is 14.1. The molecule has 4 nitrogen and oxygen atoms in total. The number of hydrogen-bond acceptors (Lipinski definition) is 4. The van der Waals surface area contributed by atoms with Crippen LogP contribution in [0.15, 0.2) is 36.5 Å². The average Bonchev–Trinajstić information content (AvgIpc) is 2.82. The fraction of sp³-hybridized carbons (Fsp3) is 0.375. The Morgan fingerprint density at radius 3 is 3.05 bits per heavy atom. The van der Waals surface area contributed by atoms with Crippen LogP contribution in [-0.2, 0) is 6.42 Å². The summed E-state index contributed by atoms with van der Waals surface area (Å²) in [5.41, 5.74) is 2.51. The monoisotopic (exact) mass is 303 g/mol. The molecule has 2 unspecified atom stereocenters. The van der Waals surface area contributed by atoms with Crippen LogP contribution in [0.5, 0.6) is 5.88 Å². The standard InChI is InChI=1S/C16H18ClN3O/c1-2-9-21-14-7-8-18-16(19-14)20-15-12-6-4-3-5-11(12)10-13(15)17/h3-8,13,15H,2,9-10H2,1H3,(H,18,19,20). The summed E-state index contributed by atoms with van der Waals surface area (Å²) >= 11 is 6.47. The van der Waals surface area contributed by atoms with Gasteiger partial charge in [-0.1, -0.05) is 31.2 Å². The van der Waals surface area contributed by atoms with E-state index in [1.807, 2.05) is 12.1 Å². The van der Waals surface area contributed by atoms with Crippen molar-refractivity contribution in [3.05, 3.63) is 47.7 Å². The Kier molecular flexibility index (Phi) is 4.25. The molecule has 0 saturated heterocycles. The Bertz CT molecular complexity index is 620. The Morgan fingerprint density at radius 1 is 1.33 bits per heavy atom.